The highest BCUT2D eigenvalue weighted by atomic mass is 35.5. The number of ketones is 1. The topological polar surface area (TPSA) is 117 Å². The number of carbonyl (C=O) groups excluding carboxylic acids is 4. The van der Waals surface area contributed by atoms with Gasteiger partial charge in [0.15, 0.2) is 11.4 Å². The van der Waals surface area contributed by atoms with Crippen molar-refractivity contribution >= 4 is 54.0 Å². The van der Waals surface area contributed by atoms with Gasteiger partial charge in [0, 0.05) is 42.1 Å². The fourth-order valence-corrected chi connectivity index (χ4v) is 4.75. The van der Waals surface area contributed by atoms with Gasteiger partial charge in [0.2, 0.25) is 0 Å². The van der Waals surface area contributed by atoms with Crippen molar-refractivity contribution in [2.75, 3.05) is 36.9 Å². The molecule has 2 saturated heterocycles. The highest BCUT2D eigenvalue weighted by Crippen LogP contribution is 2.34. The number of aromatic nitrogens is 3. The van der Waals surface area contributed by atoms with Gasteiger partial charge in [-0.05, 0) is 44.4 Å². The van der Waals surface area contributed by atoms with Gasteiger partial charge in [-0.2, -0.15) is 5.10 Å². The maximum atomic E-state index is 13.5. The van der Waals surface area contributed by atoms with E-state index in [1.54, 1.807) is 23.7 Å². The van der Waals surface area contributed by atoms with E-state index in [1.807, 2.05) is 62.5 Å². The summed E-state index contributed by atoms with van der Waals surface area (Å²) < 4.78 is 1.77. The van der Waals surface area contributed by atoms with Crippen LogP contribution < -0.4 is 10.2 Å². The lowest BCUT2D eigenvalue weighted by Gasteiger charge is -2.35. The summed E-state index contributed by atoms with van der Waals surface area (Å²) in [5.74, 6) is 0.985. The molecule has 0 unspecified atom stereocenters. The number of carbonyl (C=O) groups is 4. The van der Waals surface area contributed by atoms with Crippen LogP contribution in [0, 0.1) is 6.92 Å². The van der Waals surface area contributed by atoms with Gasteiger partial charge in [0.1, 0.15) is 19.4 Å². The average molecular weight is 543 g/mol. The normalized spacial score (nSPS) is 16.1. The molecule has 0 radical (unpaired) electrons. The number of rotatable bonds is 4. The van der Waals surface area contributed by atoms with Crippen molar-refractivity contribution in [2.45, 2.75) is 46.1 Å². The molecule has 10 nitrogen and oxygen atoms in total. The summed E-state index contributed by atoms with van der Waals surface area (Å²) in [6.45, 7) is 11.5. The van der Waals surface area contributed by atoms with E-state index in [4.69, 9.17) is 31.3 Å². The lowest BCUT2D eigenvalue weighted by atomic mass is 9.98. The molecule has 4 heterocycles. The van der Waals surface area contributed by atoms with E-state index < -0.39 is 0 Å². The lowest BCUT2D eigenvalue weighted by molar-refractivity contribution is -0.119. The first-order valence-corrected chi connectivity index (χ1v) is 12.8. The Bertz CT molecular complexity index is 1250. The molecule has 11 heteroatoms. The van der Waals surface area contributed by atoms with Crippen molar-refractivity contribution in [1.82, 2.24) is 19.5 Å². The van der Waals surface area contributed by atoms with Gasteiger partial charge >= 0.3 is 0 Å². The van der Waals surface area contributed by atoms with E-state index in [0.29, 0.717) is 30.2 Å². The summed E-state index contributed by atoms with van der Waals surface area (Å²) in [5.41, 5.74) is 3.83. The van der Waals surface area contributed by atoms with E-state index in [2.05, 4.69) is 5.32 Å². The summed E-state index contributed by atoms with van der Waals surface area (Å²) in [4.78, 5) is 49.6. The standard InChI is InChI=1S/C23H25ClN6O2.C2H6.2CH2O/c1-14-11-30-21(26-22(14)28-12-16(31)13-28)10-19(27-30)20-5-3-4-8-29(20)23(32)17-9-15(24)6-7-18(17)25-2;3*1-2/h6-7,9-11,20,25H,3-5,8,12-13H2,1-2H3;1-2H3;2*1H2/t20-;;;/m0.../s1. The fourth-order valence-electron chi connectivity index (χ4n) is 4.58. The molecule has 2 aromatic heterocycles. The Labute approximate surface area is 228 Å². The third kappa shape index (κ3) is 6.36. The molecule has 3 aromatic rings. The van der Waals surface area contributed by atoms with Gasteiger partial charge in [-0.25, -0.2) is 9.50 Å². The third-order valence-corrected chi connectivity index (χ3v) is 6.48. The number of Topliss-reactive ketones (excluding diaryl/α,β-unsaturated/α-hetero) is 1. The zero-order valence-corrected chi connectivity index (χ0v) is 23.1. The molecular weight excluding hydrogens is 508 g/mol. The van der Waals surface area contributed by atoms with Gasteiger partial charge in [0.05, 0.1) is 30.4 Å². The number of likely N-dealkylation sites (tertiary alicyclic amines) is 1. The first-order chi connectivity index (χ1) is 18.4. The molecule has 2 aliphatic rings. The molecule has 204 valence electrons. The molecule has 2 fully saturated rings. The Balaban J connectivity index is 0.000000791. The number of nitrogens with zero attached hydrogens (tertiary/aromatic N) is 5. The SMILES string of the molecule is C=O.C=O.CC.CNc1ccc(Cl)cc1C(=O)N1CCCC[C@H]1c1cc2nc(N3CC(=O)C3)c(C)cn2n1. The summed E-state index contributed by atoms with van der Waals surface area (Å²) in [7, 11) is 1.80. The van der Waals surface area contributed by atoms with E-state index in [0.717, 1.165) is 47.7 Å². The third-order valence-electron chi connectivity index (χ3n) is 6.24. The van der Waals surface area contributed by atoms with Crippen molar-refractivity contribution in [3.8, 4) is 0 Å². The van der Waals surface area contributed by atoms with E-state index in [-0.39, 0.29) is 17.7 Å². The summed E-state index contributed by atoms with van der Waals surface area (Å²) in [6, 6.07) is 7.15. The van der Waals surface area contributed by atoms with Crippen molar-refractivity contribution in [2.24, 2.45) is 0 Å². The fraction of sp³-hybridized carbons (Fsp3) is 0.407. The average Bonchev–Trinajstić information content (AvgIpc) is 3.36. The predicted molar refractivity (Wildman–Crippen MR) is 149 cm³/mol. The van der Waals surface area contributed by atoms with Gasteiger partial charge in [-0.3, -0.25) is 9.59 Å². The van der Waals surface area contributed by atoms with Crippen LogP contribution in [0.4, 0.5) is 11.5 Å². The number of fused-ring (bicyclic) bond motifs is 1. The van der Waals surface area contributed by atoms with Crippen LogP contribution in [0.1, 0.15) is 60.8 Å². The number of nitrogens with one attached hydrogen (secondary N) is 1. The van der Waals surface area contributed by atoms with Crippen molar-refractivity contribution in [3.63, 3.8) is 0 Å². The molecule has 1 atom stereocenters. The molecule has 0 saturated carbocycles. The molecule has 0 bridgehead atoms. The van der Waals surface area contributed by atoms with Gasteiger partial charge in [0.25, 0.3) is 5.91 Å². The Kier molecular flexibility index (Phi) is 11.4. The Morgan fingerprint density at radius 1 is 1.11 bits per heavy atom. The molecule has 1 aromatic carbocycles. The number of amides is 1. The van der Waals surface area contributed by atoms with Crippen LogP contribution in [0.3, 0.4) is 0 Å². The molecule has 5 rings (SSSR count). The zero-order chi connectivity index (χ0) is 28.4. The smallest absolute Gasteiger partial charge is 0.256 e. The van der Waals surface area contributed by atoms with Gasteiger partial charge in [-0.1, -0.05) is 25.4 Å². The molecule has 0 spiro atoms. The Morgan fingerprint density at radius 2 is 1.79 bits per heavy atom. The largest absolute Gasteiger partial charge is 0.387 e. The molecule has 1 amide bonds. The highest BCUT2D eigenvalue weighted by molar-refractivity contribution is 6.31. The first-order valence-electron chi connectivity index (χ1n) is 12.4. The van der Waals surface area contributed by atoms with E-state index >= 15 is 0 Å². The van der Waals surface area contributed by atoms with Crippen molar-refractivity contribution in [1.29, 1.82) is 0 Å². The maximum Gasteiger partial charge on any atom is 0.256 e. The quantitative estimate of drug-likeness (QED) is 0.522. The minimum absolute atomic E-state index is 0.0532. The van der Waals surface area contributed by atoms with Gasteiger partial charge in [-0.15, -0.1) is 0 Å². The molecule has 38 heavy (non-hydrogen) atoms. The molecule has 2 aliphatic heterocycles. The number of hydrogen-bond donors (Lipinski definition) is 1. The zero-order valence-electron chi connectivity index (χ0n) is 22.4. The summed E-state index contributed by atoms with van der Waals surface area (Å²) in [6.07, 6.45) is 4.77. The van der Waals surface area contributed by atoms with Crippen LogP contribution in [-0.2, 0) is 14.4 Å². The number of aryl methyl sites for hydroxylation is 1. The second kappa shape index (κ2) is 14.2. The van der Waals surface area contributed by atoms with Crippen LogP contribution in [0.15, 0.2) is 30.5 Å². The highest BCUT2D eigenvalue weighted by Gasteiger charge is 2.32. The van der Waals surface area contributed by atoms with E-state index in [9.17, 15) is 9.59 Å². The number of piperidine rings is 1. The number of anilines is 2. The van der Waals surface area contributed by atoms with Crippen molar-refractivity contribution in [3.05, 3.63) is 52.3 Å². The van der Waals surface area contributed by atoms with Crippen LogP contribution in [0.25, 0.3) is 5.65 Å². The molecule has 0 aliphatic carbocycles. The molecular formula is C27H35ClN6O4. The van der Waals surface area contributed by atoms with Gasteiger partial charge < -0.3 is 24.7 Å². The number of hydrogen-bond acceptors (Lipinski definition) is 8. The maximum absolute atomic E-state index is 13.5. The first kappa shape index (κ1) is 30.4. The van der Waals surface area contributed by atoms with Crippen LogP contribution >= 0.6 is 11.6 Å². The summed E-state index contributed by atoms with van der Waals surface area (Å²) in [5, 5.41) is 8.40. The van der Waals surface area contributed by atoms with Crippen LogP contribution in [0.5, 0.6) is 0 Å². The predicted octanol–water partition coefficient (Wildman–Crippen LogP) is 4.15. The second-order valence-corrected chi connectivity index (χ2v) is 8.90. The number of halogens is 1. The van der Waals surface area contributed by atoms with Crippen LogP contribution in [-0.4, -0.2) is 71.4 Å². The minimum atomic E-state index is -0.129. The van der Waals surface area contributed by atoms with E-state index in [1.165, 1.54) is 0 Å². The molecule has 1 N–H and O–H groups in total. The second-order valence-electron chi connectivity index (χ2n) is 8.46. The van der Waals surface area contributed by atoms with Crippen LogP contribution in [0.2, 0.25) is 5.02 Å². The number of benzene rings is 1. The monoisotopic (exact) mass is 542 g/mol. The Morgan fingerprint density at radius 3 is 2.42 bits per heavy atom. The summed E-state index contributed by atoms with van der Waals surface area (Å²) >= 11 is 6.20. The Hall–Kier alpha value is -3.79. The van der Waals surface area contributed by atoms with Crippen molar-refractivity contribution < 1.29 is 19.2 Å². The lowest BCUT2D eigenvalue weighted by Crippen LogP contribution is -2.48. The minimum Gasteiger partial charge on any atom is -0.387 e.